The summed E-state index contributed by atoms with van der Waals surface area (Å²) >= 11 is 1.57. The standard InChI is InChI=1S/C19H18N2S/c1-14-6-4-10-17(12-14)21-19(20)22-13-16-9-5-8-15-7-2-3-11-18(15)16/h2-12H,13H2,1H3,(H2,20,21). The van der Waals surface area contributed by atoms with Crippen LogP contribution in [-0.4, -0.2) is 5.17 Å². The van der Waals surface area contributed by atoms with E-state index in [2.05, 4.69) is 60.4 Å². The minimum Gasteiger partial charge on any atom is -0.378 e. The summed E-state index contributed by atoms with van der Waals surface area (Å²) in [6, 6.07) is 22.8. The zero-order valence-corrected chi connectivity index (χ0v) is 13.3. The maximum atomic E-state index is 6.06. The van der Waals surface area contributed by atoms with Crippen molar-refractivity contribution in [2.75, 3.05) is 0 Å². The molecule has 3 aromatic rings. The van der Waals surface area contributed by atoms with Gasteiger partial charge in [-0.2, -0.15) is 0 Å². The number of nitrogens with zero attached hydrogens (tertiary/aromatic N) is 1. The van der Waals surface area contributed by atoms with Gasteiger partial charge >= 0.3 is 0 Å². The van der Waals surface area contributed by atoms with E-state index in [9.17, 15) is 0 Å². The predicted molar refractivity (Wildman–Crippen MR) is 97.7 cm³/mol. The molecule has 0 bridgehead atoms. The van der Waals surface area contributed by atoms with E-state index in [0.29, 0.717) is 5.17 Å². The predicted octanol–water partition coefficient (Wildman–Crippen LogP) is 5.03. The molecule has 0 saturated heterocycles. The summed E-state index contributed by atoms with van der Waals surface area (Å²) in [5.74, 6) is 0.822. The van der Waals surface area contributed by atoms with Crippen LogP contribution < -0.4 is 5.73 Å². The number of nitrogens with two attached hydrogens (primary N) is 1. The maximum absolute atomic E-state index is 6.06. The van der Waals surface area contributed by atoms with Crippen LogP contribution >= 0.6 is 11.8 Å². The summed E-state index contributed by atoms with van der Waals surface area (Å²) in [4.78, 5) is 4.47. The highest BCUT2D eigenvalue weighted by atomic mass is 32.2. The summed E-state index contributed by atoms with van der Waals surface area (Å²) in [6.45, 7) is 2.05. The lowest BCUT2D eigenvalue weighted by Gasteiger charge is -2.06. The Bertz CT molecular complexity index is 819. The van der Waals surface area contributed by atoms with Crippen molar-refractivity contribution in [3.8, 4) is 0 Å². The normalized spacial score (nSPS) is 11.8. The third-order valence-electron chi connectivity index (χ3n) is 3.50. The molecule has 2 nitrogen and oxygen atoms in total. The molecule has 0 radical (unpaired) electrons. The van der Waals surface area contributed by atoms with Gasteiger partial charge in [0.05, 0.1) is 5.69 Å². The number of hydrogen-bond donors (Lipinski definition) is 1. The third kappa shape index (κ3) is 3.49. The molecule has 22 heavy (non-hydrogen) atoms. The number of rotatable bonds is 3. The molecule has 0 aliphatic heterocycles. The molecule has 0 aliphatic carbocycles. The van der Waals surface area contributed by atoms with Gasteiger partial charge in [-0.3, -0.25) is 0 Å². The van der Waals surface area contributed by atoms with Crippen LogP contribution in [0.25, 0.3) is 10.8 Å². The van der Waals surface area contributed by atoms with E-state index in [1.165, 1.54) is 21.9 Å². The lowest BCUT2D eigenvalue weighted by Crippen LogP contribution is -2.06. The number of amidine groups is 1. The zero-order valence-electron chi connectivity index (χ0n) is 12.5. The number of fused-ring (bicyclic) bond motifs is 1. The first-order valence-corrected chi connectivity index (χ1v) is 8.21. The second-order valence-electron chi connectivity index (χ2n) is 5.22. The molecule has 0 saturated carbocycles. The van der Waals surface area contributed by atoms with Crippen molar-refractivity contribution in [2.45, 2.75) is 12.7 Å². The summed E-state index contributed by atoms with van der Waals surface area (Å²) in [5, 5.41) is 3.13. The van der Waals surface area contributed by atoms with Crippen LogP contribution in [0.4, 0.5) is 5.69 Å². The molecule has 3 heteroatoms. The zero-order chi connectivity index (χ0) is 15.4. The minimum atomic E-state index is 0.596. The van der Waals surface area contributed by atoms with Crippen molar-refractivity contribution >= 4 is 33.4 Å². The van der Waals surface area contributed by atoms with Crippen LogP contribution in [0.1, 0.15) is 11.1 Å². The maximum Gasteiger partial charge on any atom is 0.159 e. The minimum absolute atomic E-state index is 0.596. The highest BCUT2D eigenvalue weighted by Gasteiger charge is 2.02. The molecule has 0 fully saturated rings. The molecule has 0 atom stereocenters. The lowest BCUT2D eigenvalue weighted by atomic mass is 10.1. The van der Waals surface area contributed by atoms with Crippen LogP contribution in [-0.2, 0) is 5.75 Å². The second-order valence-corrected chi connectivity index (χ2v) is 6.21. The highest BCUT2D eigenvalue weighted by Crippen LogP contribution is 2.23. The molecule has 2 N–H and O–H groups in total. The molecular formula is C19H18N2S. The summed E-state index contributed by atoms with van der Waals surface area (Å²) in [5.41, 5.74) is 9.44. The Balaban J connectivity index is 1.76. The SMILES string of the molecule is Cc1cccc(N=C(N)SCc2cccc3ccccc23)c1. The molecule has 0 unspecified atom stereocenters. The summed E-state index contributed by atoms with van der Waals surface area (Å²) < 4.78 is 0. The average molecular weight is 306 g/mol. The Morgan fingerprint density at radius 2 is 1.77 bits per heavy atom. The average Bonchev–Trinajstić information content (AvgIpc) is 2.53. The molecule has 0 heterocycles. The Labute approximate surface area is 135 Å². The molecule has 110 valence electrons. The van der Waals surface area contributed by atoms with Crippen LogP contribution in [0.2, 0.25) is 0 Å². The van der Waals surface area contributed by atoms with E-state index in [1.54, 1.807) is 11.8 Å². The Morgan fingerprint density at radius 3 is 2.64 bits per heavy atom. The van der Waals surface area contributed by atoms with Crippen molar-refractivity contribution in [1.82, 2.24) is 0 Å². The van der Waals surface area contributed by atoms with Gasteiger partial charge in [0.15, 0.2) is 5.17 Å². The van der Waals surface area contributed by atoms with Gasteiger partial charge in [-0.1, -0.05) is 66.4 Å². The van der Waals surface area contributed by atoms with Crippen LogP contribution in [0.15, 0.2) is 71.7 Å². The Kier molecular flexibility index (Phi) is 4.45. The summed E-state index contributed by atoms with van der Waals surface area (Å²) in [7, 11) is 0. The fourth-order valence-corrected chi connectivity index (χ4v) is 3.15. The molecule has 0 spiro atoms. The first-order valence-electron chi connectivity index (χ1n) is 7.22. The monoisotopic (exact) mass is 306 g/mol. The van der Waals surface area contributed by atoms with E-state index in [0.717, 1.165) is 11.4 Å². The Morgan fingerprint density at radius 1 is 1.00 bits per heavy atom. The van der Waals surface area contributed by atoms with Gasteiger partial charge in [-0.05, 0) is 41.0 Å². The fourth-order valence-electron chi connectivity index (χ4n) is 2.43. The van der Waals surface area contributed by atoms with Crippen molar-refractivity contribution in [3.63, 3.8) is 0 Å². The van der Waals surface area contributed by atoms with E-state index in [1.807, 2.05) is 18.2 Å². The number of thioether (sulfide) groups is 1. The molecule has 0 aliphatic rings. The molecule has 3 rings (SSSR count). The van der Waals surface area contributed by atoms with Gasteiger partial charge in [-0.25, -0.2) is 4.99 Å². The number of benzene rings is 3. The number of aryl methyl sites for hydroxylation is 1. The van der Waals surface area contributed by atoms with E-state index >= 15 is 0 Å². The van der Waals surface area contributed by atoms with Gasteiger partial charge < -0.3 is 5.73 Å². The molecule has 0 aromatic heterocycles. The van der Waals surface area contributed by atoms with Gasteiger partial charge in [0.1, 0.15) is 0 Å². The summed E-state index contributed by atoms with van der Waals surface area (Å²) in [6.07, 6.45) is 0. The molecule has 0 amide bonds. The van der Waals surface area contributed by atoms with Gasteiger partial charge in [-0.15, -0.1) is 0 Å². The van der Waals surface area contributed by atoms with Crippen molar-refractivity contribution in [1.29, 1.82) is 0 Å². The molecule has 3 aromatic carbocycles. The van der Waals surface area contributed by atoms with E-state index < -0.39 is 0 Å². The highest BCUT2D eigenvalue weighted by molar-refractivity contribution is 8.13. The number of hydrogen-bond acceptors (Lipinski definition) is 2. The van der Waals surface area contributed by atoms with Crippen LogP contribution in [0.5, 0.6) is 0 Å². The van der Waals surface area contributed by atoms with Crippen molar-refractivity contribution in [2.24, 2.45) is 10.7 Å². The van der Waals surface area contributed by atoms with Gasteiger partial charge in [0, 0.05) is 5.75 Å². The first kappa shape index (κ1) is 14.7. The van der Waals surface area contributed by atoms with Crippen LogP contribution in [0.3, 0.4) is 0 Å². The Hall–Kier alpha value is -2.26. The smallest absolute Gasteiger partial charge is 0.159 e. The second kappa shape index (κ2) is 6.67. The lowest BCUT2D eigenvalue weighted by molar-refractivity contribution is 1.42. The first-order chi connectivity index (χ1) is 10.7. The van der Waals surface area contributed by atoms with Gasteiger partial charge in [0.2, 0.25) is 0 Å². The van der Waals surface area contributed by atoms with Crippen LogP contribution in [0, 0.1) is 6.92 Å². The van der Waals surface area contributed by atoms with Crippen molar-refractivity contribution < 1.29 is 0 Å². The number of aliphatic imine (C=N–C) groups is 1. The van der Waals surface area contributed by atoms with E-state index in [4.69, 9.17) is 5.73 Å². The third-order valence-corrected chi connectivity index (χ3v) is 4.34. The molecular weight excluding hydrogens is 288 g/mol. The van der Waals surface area contributed by atoms with E-state index in [-0.39, 0.29) is 0 Å². The topological polar surface area (TPSA) is 38.4 Å². The largest absolute Gasteiger partial charge is 0.378 e. The quantitative estimate of drug-likeness (QED) is 0.544. The fraction of sp³-hybridized carbons (Fsp3) is 0.105. The van der Waals surface area contributed by atoms with Gasteiger partial charge in [0.25, 0.3) is 0 Å². The van der Waals surface area contributed by atoms with Crippen molar-refractivity contribution in [3.05, 3.63) is 77.9 Å².